The van der Waals surface area contributed by atoms with E-state index in [1.54, 1.807) is 23.7 Å². The van der Waals surface area contributed by atoms with Crippen LogP contribution in [0.15, 0.2) is 29.9 Å². The molecule has 2 heterocycles. The third-order valence-corrected chi connectivity index (χ3v) is 3.39. The zero-order valence-electron chi connectivity index (χ0n) is 9.23. The summed E-state index contributed by atoms with van der Waals surface area (Å²) in [6, 6.07) is 4.07. The third-order valence-electron chi connectivity index (χ3n) is 2.43. The van der Waals surface area contributed by atoms with Crippen LogP contribution in [0.3, 0.4) is 0 Å². The Hall–Kier alpha value is -1.55. The normalized spacial score (nSPS) is 10.3. The van der Waals surface area contributed by atoms with Crippen molar-refractivity contribution in [3.63, 3.8) is 0 Å². The van der Waals surface area contributed by atoms with E-state index in [1.165, 1.54) is 10.4 Å². The first-order valence-electron chi connectivity index (χ1n) is 5.29. The standard InChI is InChI=1S/C12H15N3S/c1-2-9-3-4-16-12(9)8-15-11-5-10(13)6-14-7-11/h3-7,15H,2,8,13H2,1H3. The lowest BCUT2D eigenvalue weighted by atomic mass is 10.2. The molecule has 0 aliphatic heterocycles. The summed E-state index contributed by atoms with van der Waals surface area (Å²) < 4.78 is 0. The van der Waals surface area contributed by atoms with Gasteiger partial charge in [0.15, 0.2) is 0 Å². The van der Waals surface area contributed by atoms with Gasteiger partial charge in [-0.25, -0.2) is 0 Å². The first-order valence-corrected chi connectivity index (χ1v) is 6.17. The molecule has 2 aromatic heterocycles. The quantitative estimate of drug-likeness (QED) is 0.853. The number of hydrogen-bond acceptors (Lipinski definition) is 4. The summed E-state index contributed by atoms with van der Waals surface area (Å²) >= 11 is 1.78. The van der Waals surface area contributed by atoms with Crippen LogP contribution in [-0.2, 0) is 13.0 Å². The number of thiophene rings is 1. The molecule has 0 saturated carbocycles. The van der Waals surface area contributed by atoms with Gasteiger partial charge in [0.25, 0.3) is 0 Å². The van der Waals surface area contributed by atoms with E-state index in [0.717, 1.165) is 18.7 Å². The molecule has 0 unspecified atom stereocenters. The van der Waals surface area contributed by atoms with Gasteiger partial charge in [0.1, 0.15) is 0 Å². The van der Waals surface area contributed by atoms with Crippen LogP contribution in [0, 0.1) is 0 Å². The van der Waals surface area contributed by atoms with Gasteiger partial charge >= 0.3 is 0 Å². The molecule has 0 bridgehead atoms. The number of nitrogens with two attached hydrogens (primary N) is 1. The molecule has 0 saturated heterocycles. The molecule has 3 N–H and O–H groups in total. The topological polar surface area (TPSA) is 50.9 Å². The highest BCUT2D eigenvalue weighted by Gasteiger charge is 2.02. The highest BCUT2D eigenvalue weighted by Crippen LogP contribution is 2.19. The second kappa shape index (κ2) is 4.99. The predicted octanol–water partition coefficient (Wildman–Crippen LogP) is 2.90. The summed E-state index contributed by atoms with van der Waals surface area (Å²) in [6.45, 7) is 3.01. The lowest BCUT2D eigenvalue weighted by Gasteiger charge is -2.06. The van der Waals surface area contributed by atoms with Gasteiger partial charge in [0.2, 0.25) is 0 Å². The molecular weight excluding hydrogens is 218 g/mol. The highest BCUT2D eigenvalue weighted by molar-refractivity contribution is 7.10. The Morgan fingerprint density at radius 1 is 1.44 bits per heavy atom. The summed E-state index contributed by atoms with van der Waals surface area (Å²) in [5, 5.41) is 5.46. The fourth-order valence-electron chi connectivity index (χ4n) is 1.57. The van der Waals surface area contributed by atoms with Gasteiger partial charge in [0.05, 0.1) is 17.6 Å². The van der Waals surface area contributed by atoms with E-state index in [2.05, 4.69) is 28.7 Å². The van der Waals surface area contributed by atoms with Crippen molar-refractivity contribution in [1.29, 1.82) is 0 Å². The van der Waals surface area contributed by atoms with Crippen molar-refractivity contribution in [1.82, 2.24) is 4.98 Å². The minimum atomic E-state index is 0.687. The van der Waals surface area contributed by atoms with Crippen LogP contribution < -0.4 is 11.1 Å². The highest BCUT2D eigenvalue weighted by atomic mass is 32.1. The van der Waals surface area contributed by atoms with E-state index >= 15 is 0 Å². The molecule has 0 aliphatic rings. The van der Waals surface area contributed by atoms with E-state index in [9.17, 15) is 0 Å². The lowest BCUT2D eigenvalue weighted by Crippen LogP contribution is -2.00. The van der Waals surface area contributed by atoms with E-state index in [-0.39, 0.29) is 0 Å². The van der Waals surface area contributed by atoms with Crippen LogP contribution in [0.4, 0.5) is 11.4 Å². The van der Waals surface area contributed by atoms with Crippen molar-refractivity contribution in [2.24, 2.45) is 0 Å². The predicted molar refractivity (Wildman–Crippen MR) is 69.7 cm³/mol. The van der Waals surface area contributed by atoms with Gasteiger partial charge < -0.3 is 11.1 Å². The fraction of sp³-hybridized carbons (Fsp3) is 0.250. The molecule has 0 spiro atoms. The Bertz CT molecular complexity index is 465. The van der Waals surface area contributed by atoms with Crippen LogP contribution in [0.1, 0.15) is 17.4 Å². The average Bonchev–Trinajstić information content (AvgIpc) is 2.74. The zero-order chi connectivity index (χ0) is 11.4. The minimum absolute atomic E-state index is 0.687. The van der Waals surface area contributed by atoms with E-state index < -0.39 is 0 Å². The molecule has 3 nitrogen and oxygen atoms in total. The number of nitrogens with zero attached hydrogens (tertiary/aromatic N) is 1. The summed E-state index contributed by atoms with van der Waals surface area (Å²) in [4.78, 5) is 5.42. The fourth-order valence-corrected chi connectivity index (χ4v) is 2.49. The number of aromatic nitrogens is 1. The van der Waals surface area contributed by atoms with Crippen molar-refractivity contribution in [3.8, 4) is 0 Å². The summed E-state index contributed by atoms with van der Waals surface area (Å²) in [7, 11) is 0. The van der Waals surface area contributed by atoms with Crippen LogP contribution in [0.2, 0.25) is 0 Å². The number of pyridine rings is 1. The van der Waals surface area contributed by atoms with Crippen LogP contribution in [0.25, 0.3) is 0 Å². The molecule has 0 atom stereocenters. The number of hydrogen-bond donors (Lipinski definition) is 2. The van der Waals surface area contributed by atoms with Crippen LogP contribution in [0.5, 0.6) is 0 Å². The number of nitrogen functional groups attached to an aromatic ring is 1. The van der Waals surface area contributed by atoms with Gasteiger partial charge in [-0.15, -0.1) is 11.3 Å². The monoisotopic (exact) mass is 233 g/mol. The summed E-state index contributed by atoms with van der Waals surface area (Å²) in [6.07, 6.45) is 4.51. The Morgan fingerprint density at radius 3 is 3.06 bits per heavy atom. The van der Waals surface area contributed by atoms with Crippen molar-refractivity contribution in [2.75, 3.05) is 11.1 Å². The number of aryl methyl sites for hydroxylation is 1. The Kier molecular flexibility index (Phi) is 3.41. The zero-order valence-corrected chi connectivity index (χ0v) is 10.1. The Labute approximate surface area is 99.3 Å². The molecule has 0 radical (unpaired) electrons. The lowest BCUT2D eigenvalue weighted by molar-refractivity contribution is 1.08. The molecule has 0 aliphatic carbocycles. The molecule has 84 valence electrons. The minimum Gasteiger partial charge on any atom is -0.397 e. The second-order valence-corrected chi connectivity index (χ2v) is 4.58. The van der Waals surface area contributed by atoms with Crippen molar-refractivity contribution in [2.45, 2.75) is 19.9 Å². The molecule has 4 heteroatoms. The van der Waals surface area contributed by atoms with E-state index in [1.807, 2.05) is 6.07 Å². The van der Waals surface area contributed by atoms with Gasteiger partial charge in [-0.3, -0.25) is 4.98 Å². The number of anilines is 2. The molecule has 0 aromatic carbocycles. The van der Waals surface area contributed by atoms with Gasteiger partial charge in [-0.1, -0.05) is 6.92 Å². The molecule has 2 rings (SSSR count). The molecule has 0 fully saturated rings. The van der Waals surface area contributed by atoms with Gasteiger partial charge in [-0.05, 0) is 29.5 Å². The smallest absolute Gasteiger partial charge is 0.0550 e. The maximum Gasteiger partial charge on any atom is 0.0550 e. The first-order chi connectivity index (χ1) is 7.79. The van der Waals surface area contributed by atoms with E-state index in [0.29, 0.717) is 5.69 Å². The Morgan fingerprint density at radius 2 is 2.31 bits per heavy atom. The van der Waals surface area contributed by atoms with Gasteiger partial charge in [0, 0.05) is 17.6 Å². The van der Waals surface area contributed by atoms with Gasteiger partial charge in [-0.2, -0.15) is 0 Å². The first kappa shape index (κ1) is 11.0. The average molecular weight is 233 g/mol. The molecule has 0 amide bonds. The molecular formula is C12H15N3S. The van der Waals surface area contributed by atoms with Crippen LogP contribution in [-0.4, -0.2) is 4.98 Å². The summed E-state index contributed by atoms with van der Waals surface area (Å²) in [5.74, 6) is 0. The summed E-state index contributed by atoms with van der Waals surface area (Å²) in [5.41, 5.74) is 8.73. The maximum absolute atomic E-state index is 5.66. The van der Waals surface area contributed by atoms with Crippen LogP contribution >= 0.6 is 11.3 Å². The Balaban J connectivity index is 2.02. The van der Waals surface area contributed by atoms with Crippen molar-refractivity contribution >= 4 is 22.7 Å². The number of rotatable bonds is 4. The van der Waals surface area contributed by atoms with Crippen molar-refractivity contribution < 1.29 is 0 Å². The van der Waals surface area contributed by atoms with E-state index in [4.69, 9.17) is 5.73 Å². The second-order valence-electron chi connectivity index (χ2n) is 3.58. The molecule has 16 heavy (non-hydrogen) atoms. The maximum atomic E-state index is 5.66. The number of nitrogens with one attached hydrogen (secondary N) is 1. The molecule has 2 aromatic rings. The largest absolute Gasteiger partial charge is 0.397 e. The third kappa shape index (κ3) is 2.52. The van der Waals surface area contributed by atoms with Crippen molar-refractivity contribution in [3.05, 3.63) is 40.3 Å². The SMILES string of the molecule is CCc1ccsc1CNc1cncc(N)c1.